The average Bonchev–Trinajstić information content (AvgIpc) is 3.21. The molecule has 20 heavy (non-hydrogen) atoms. The average molecular weight is 326 g/mol. The Morgan fingerprint density at radius 1 is 1.20 bits per heavy atom. The van der Waals surface area contributed by atoms with Crippen molar-refractivity contribution >= 4 is 22.6 Å². The first-order valence-electron chi connectivity index (χ1n) is 7.46. The van der Waals surface area contributed by atoms with Crippen molar-refractivity contribution in [3.8, 4) is 0 Å². The molecule has 0 aromatic heterocycles. The van der Waals surface area contributed by atoms with Crippen molar-refractivity contribution in [2.24, 2.45) is 17.6 Å². The Kier molecular flexibility index (Phi) is 7.21. The molecule has 2 aliphatic rings. The molecule has 0 bridgehead atoms. The van der Waals surface area contributed by atoms with Gasteiger partial charge >= 0.3 is 0 Å². The van der Waals surface area contributed by atoms with Gasteiger partial charge < -0.3 is 5.73 Å². The summed E-state index contributed by atoms with van der Waals surface area (Å²) in [5, 5.41) is 0. The van der Waals surface area contributed by atoms with Crippen LogP contribution in [0.15, 0.2) is 0 Å². The van der Waals surface area contributed by atoms with Crippen LogP contribution in [0, 0.1) is 11.8 Å². The van der Waals surface area contributed by atoms with E-state index in [-0.39, 0.29) is 18.4 Å². The maximum Gasteiger partial charge on any atom is 0.279 e. The van der Waals surface area contributed by atoms with Crippen LogP contribution in [0.5, 0.6) is 0 Å². The topological polar surface area (TPSA) is 75.4 Å². The summed E-state index contributed by atoms with van der Waals surface area (Å²) in [6.45, 7) is 1.03. The fraction of sp³-hybridized carbons (Fsp3) is 1.00. The Morgan fingerprint density at radius 3 is 2.30 bits per heavy atom. The molecule has 0 aliphatic heterocycles. The number of hydrogen-bond acceptors (Lipinski definition) is 3. The van der Waals surface area contributed by atoms with Crippen LogP contribution in [0.4, 0.5) is 0 Å². The number of nitrogens with two attached hydrogens (primary N) is 1. The molecule has 0 amide bonds. The third-order valence-electron chi connectivity index (χ3n) is 4.40. The zero-order valence-electron chi connectivity index (χ0n) is 12.3. The van der Waals surface area contributed by atoms with E-state index in [1.807, 2.05) is 0 Å². The van der Waals surface area contributed by atoms with E-state index in [0.717, 1.165) is 25.7 Å². The molecule has 0 aromatic carbocycles. The smallest absolute Gasteiger partial charge is 0.279 e. The fourth-order valence-corrected chi connectivity index (χ4v) is 4.18. The van der Waals surface area contributed by atoms with Gasteiger partial charge in [0.2, 0.25) is 0 Å². The van der Waals surface area contributed by atoms with Crippen molar-refractivity contribution in [1.82, 2.24) is 9.03 Å². The summed E-state index contributed by atoms with van der Waals surface area (Å²) in [7, 11) is -1.71. The Morgan fingerprint density at radius 2 is 1.80 bits per heavy atom. The van der Waals surface area contributed by atoms with Crippen LogP contribution in [-0.2, 0) is 10.2 Å². The number of nitrogens with one attached hydrogen (secondary N) is 1. The number of hydrogen-bond donors (Lipinski definition) is 2. The second kappa shape index (κ2) is 7.94. The predicted octanol–water partition coefficient (Wildman–Crippen LogP) is 1.49. The summed E-state index contributed by atoms with van der Waals surface area (Å²) < 4.78 is 28.8. The Labute approximate surface area is 129 Å². The maximum absolute atomic E-state index is 12.3. The van der Waals surface area contributed by atoms with Crippen LogP contribution >= 0.6 is 12.4 Å². The van der Waals surface area contributed by atoms with Gasteiger partial charge in [-0.05, 0) is 37.5 Å². The zero-order chi connectivity index (χ0) is 13.9. The third kappa shape index (κ3) is 5.15. The zero-order valence-corrected chi connectivity index (χ0v) is 13.9. The quantitative estimate of drug-likeness (QED) is 0.744. The summed E-state index contributed by atoms with van der Waals surface area (Å²) in [5.41, 5.74) is 5.78. The van der Waals surface area contributed by atoms with Crippen molar-refractivity contribution in [3.05, 3.63) is 0 Å². The largest absolute Gasteiger partial charge is 0.329 e. The highest BCUT2D eigenvalue weighted by atomic mass is 35.5. The minimum atomic E-state index is -3.37. The number of rotatable bonds is 7. The first-order chi connectivity index (χ1) is 9.03. The summed E-state index contributed by atoms with van der Waals surface area (Å²) in [5.74, 6) is 0.968. The van der Waals surface area contributed by atoms with Crippen LogP contribution in [0.3, 0.4) is 0 Å². The number of nitrogens with zero attached hydrogens (tertiary/aromatic N) is 1. The van der Waals surface area contributed by atoms with E-state index in [2.05, 4.69) is 4.72 Å². The van der Waals surface area contributed by atoms with E-state index in [0.29, 0.717) is 24.9 Å². The molecular formula is C13H28ClN3O2S. The van der Waals surface area contributed by atoms with Crippen molar-refractivity contribution in [2.45, 2.75) is 51.0 Å². The molecule has 120 valence electrons. The van der Waals surface area contributed by atoms with Gasteiger partial charge in [-0.15, -0.1) is 12.4 Å². The minimum Gasteiger partial charge on any atom is -0.329 e. The molecule has 0 aromatic rings. The van der Waals surface area contributed by atoms with E-state index in [9.17, 15) is 8.42 Å². The standard InChI is InChI=1S/C13H27N3O2S.ClH/c1-16(10-11-7-8-11)19(17,18)15-13(9-14)12-5-3-2-4-6-12;/h11-13,15H,2-10,14H2,1H3;1H. The van der Waals surface area contributed by atoms with Gasteiger partial charge in [0.05, 0.1) is 0 Å². The normalized spacial score (nSPS) is 22.6. The summed E-state index contributed by atoms with van der Waals surface area (Å²) in [6.07, 6.45) is 8.16. The lowest BCUT2D eigenvalue weighted by Crippen LogP contribution is -2.50. The lowest BCUT2D eigenvalue weighted by atomic mass is 9.84. The molecule has 1 unspecified atom stereocenters. The molecule has 0 saturated heterocycles. The van der Waals surface area contributed by atoms with Crippen LogP contribution in [0.1, 0.15) is 44.9 Å². The molecule has 2 saturated carbocycles. The molecule has 0 spiro atoms. The molecule has 3 N–H and O–H groups in total. The molecule has 2 rings (SSSR count). The van der Waals surface area contributed by atoms with Gasteiger partial charge in [0.1, 0.15) is 0 Å². The molecule has 0 radical (unpaired) electrons. The molecule has 7 heteroatoms. The SMILES string of the molecule is CN(CC1CC1)S(=O)(=O)NC(CN)C1CCCCC1.Cl. The van der Waals surface area contributed by atoms with E-state index in [1.54, 1.807) is 7.05 Å². The highest BCUT2D eigenvalue weighted by molar-refractivity contribution is 7.87. The summed E-state index contributed by atoms with van der Waals surface area (Å²) >= 11 is 0. The van der Waals surface area contributed by atoms with Crippen LogP contribution < -0.4 is 10.5 Å². The van der Waals surface area contributed by atoms with Crippen molar-refractivity contribution in [3.63, 3.8) is 0 Å². The Hall–Kier alpha value is 0.120. The summed E-state index contributed by atoms with van der Waals surface area (Å²) in [4.78, 5) is 0. The first-order valence-corrected chi connectivity index (χ1v) is 8.90. The van der Waals surface area contributed by atoms with Crippen molar-refractivity contribution in [1.29, 1.82) is 0 Å². The molecule has 0 heterocycles. The van der Waals surface area contributed by atoms with Gasteiger partial charge in [-0.2, -0.15) is 17.4 Å². The van der Waals surface area contributed by atoms with E-state index in [1.165, 1.54) is 23.6 Å². The van der Waals surface area contributed by atoms with E-state index in [4.69, 9.17) is 5.73 Å². The Balaban J connectivity index is 0.00000200. The van der Waals surface area contributed by atoms with Crippen LogP contribution in [0.2, 0.25) is 0 Å². The number of halogens is 1. The highest BCUT2D eigenvalue weighted by Crippen LogP contribution is 2.30. The molecular weight excluding hydrogens is 298 g/mol. The van der Waals surface area contributed by atoms with Gasteiger partial charge in [0, 0.05) is 26.2 Å². The molecule has 5 nitrogen and oxygen atoms in total. The predicted molar refractivity (Wildman–Crippen MR) is 84.1 cm³/mol. The fourth-order valence-electron chi connectivity index (χ4n) is 2.92. The monoisotopic (exact) mass is 325 g/mol. The van der Waals surface area contributed by atoms with E-state index < -0.39 is 10.2 Å². The first kappa shape index (κ1) is 18.2. The second-order valence-corrected chi connectivity index (χ2v) is 7.90. The molecule has 2 fully saturated rings. The van der Waals surface area contributed by atoms with E-state index >= 15 is 0 Å². The lowest BCUT2D eigenvalue weighted by Gasteiger charge is -2.31. The Bertz CT molecular complexity index is 381. The van der Waals surface area contributed by atoms with Crippen LogP contribution in [-0.4, -0.2) is 38.9 Å². The second-order valence-electron chi connectivity index (χ2n) is 6.09. The third-order valence-corrected chi connectivity index (χ3v) is 5.97. The summed E-state index contributed by atoms with van der Waals surface area (Å²) in [6, 6.07) is -0.105. The molecule has 1 atom stereocenters. The minimum absolute atomic E-state index is 0. The lowest BCUT2D eigenvalue weighted by molar-refractivity contribution is 0.289. The van der Waals surface area contributed by atoms with Gasteiger partial charge in [-0.3, -0.25) is 0 Å². The van der Waals surface area contributed by atoms with Gasteiger partial charge in [0.25, 0.3) is 10.2 Å². The van der Waals surface area contributed by atoms with Crippen molar-refractivity contribution < 1.29 is 8.42 Å². The van der Waals surface area contributed by atoms with Gasteiger partial charge in [-0.25, -0.2) is 0 Å². The highest BCUT2D eigenvalue weighted by Gasteiger charge is 2.31. The maximum atomic E-state index is 12.3. The van der Waals surface area contributed by atoms with Crippen LogP contribution in [0.25, 0.3) is 0 Å². The van der Waals surface area contributed by atoms with Gasteiger partial charge in [0.15, 0.2) is 0 Å². The van der Waals surface area contributed by atoms with Gasteiger partial charge in [-0.1, -0.05) is 19.3 Å². The molecule has 2 aliphatic carbocycles. The van der Waals surface area contributed by atoms with Crippen molar-refractivity contribution in [2.75, 3.05) is 20.1 Å².